The van der Waals surface area contributed by atoms with E-state index in [1.807, 2.05) is 12.1 Å². The van der Waals surface area contributed by atoms with Crippen molar-refractivity contribution in [1.29, 1.82) is 0 Å². The van der Waals surface area contributed by atoms with Crippen molar-refractivity contribution >= 4 is 15.9 Å². The molecule has 1 aliphatic heterocycles. The first-order valence-electron chi connectivity index (χ1n) is 6.84. The molecule has 0 saturated carbocycles. The summed E-state index contributed by atoms with van der Waals surface area (Å²) in [7, 11) is 0. The Morgan fingerprint density at radius 3 is 2.55 bits per heavy atom. The average molecular weight is 344 g/mol. The van der Waals surface area contributed by atoms with Gasteiger partial charge in [-0.1, -0.05) is 36.7 Å². The smallest absolute Gasteiger partial charge is 0.231 e. The summed E-state index contributed by atoms with van der Waals surface area (Å²) in [5.74, 6) is 1.57. The van der Waals surface area contributed by atoms with Crippen molar-refractivity contribution in [2.24, 2.45) is 5.41 Å². The van der Waals surface area contributed by atoms with E-state index in [2.05, 4.69) is 42.0 Å². The van der Waals surface area contributed by atoms with E-state index in [9.17, 15) is 5.11 Å². The lowest BCUT2D eigenvalue weighted by Crippen LogP contribution is -2.40. The number of rotatable bonds is 5. The Hall–Kier alpha value is -0.780. The van der Waals surface area contributed by atoms with Gasteiger partial charge in [-0.25, -0.2) is 0 Å². The predicted molar refractivity (Wildman–Crippen MR) is 82.1 cm³/mol. The first-order chi connectivity index (χ1) is 9.41. The highest BCUT2D eigenvalue weighted by Crippen LogP contribution is 2.37. The summed E-state index contributed by atoms with van der Waals surface area (Å²) in [5, 5.41) is 12.7. The molecule has 1 aromatic carbocycles. The van der Waals surface area contributed by atoms with Crippen molar-refractivity contribution in [3.63, 3.8) is 0 Å². The van der Waals surface area contributed by atoms with Gasteiger partial charge in [-0.15, -0.1) is 0 Å². The molecule has 0 aromatic heterocycles. The largest absolute Gasteiger partial charge is 0.454 e. The zero-order valence-electron chi connectivity index (χ0n) is 12.2. The van der Waals surface area contributed by atoms with Crippen molar-refractivity contribution in [3.8, 4) is 11.5 Å². The number of hydrogen-bond acceptors (Lipinski definition) is 4. The third-order valence-electron chi connectivity index (χ3n) is 3.54. The minimum absolute atomic E-state index is 0.103. The third kappa shape index (κ3) is 3.65. The SMILES string of the molecule is CC(C)(C)C(CCO)NCc1cc2c(cc1Br)OCO2. The van der Waals surface area contributed by atoms with Gasteiger partial charge in [0.25, 0.3) is 0 Å². The maximum Gasteiger partial charge on any atom is 0.231 e. The zero-order valence-corrected chi connectivity index (χ0v) is 13.8. The number of aliphatic hydroxyl groups is 1. The molecular weight excluding hydrogens is 322 g/mol. The first-order valence-corrected chi connectivity index (χ1v) is 7.63. The van der Waals surface area contributed by atoms with Gasteiger partial charge < -0.3 is 19.9 Å². The van der Waals surface area contributed by atoms with E-state index in [1.165, 1.54) is 0 Å². The fourth-order valence-corrected chi connectivity index (χ4v) is 2.76. The van der Waals surface area contributed by atoms with Gasteiger partial charge in [0.1, 0.15) is 0 Å². The molecule has 0 spiro atoms. The van der Waals surface area contributed by atoms with Crippen LogP contribution in [0.15, 0.2) is 16.6 Å². The van der Waals surface area contributed by atoms with Crippen LogP contribution in [0.3, 0.4) is 0 Å². The molecule has 2 rings (SSSR count). The monoisotopic (exact) mass is 343 g/mol. The van der Waals surface area contributed by atoms with Crippen LogP contribution in [0.5, 0.6) is 11.5 Å². The van der Waals surface area contributed by atoms with Crippen molar-refractivity contribution in [1.82, 2.24) is 5.32 Å². The molecule has 2 N–H and O–H groups in total. The summed E-state index contributed by atoms with van der Waals surface area (Å²) in [4.78, 5) is 0. The van der Waals surface area contributed by atoms with E-state index < -0.39 is 0 Å². The van der Waals surface area contributed by atoms with Gasteiger partial charge in [0.2, 0.25) is 6.79 Å². The lowest BCUT2D eigenvalue weighted by molar-refractivity contribution is 0.174. The van der Waals surface area contributed by atoms with Gasteiger partial charge >= 0.3 is 0 Å². The Morgan fingerprint density at radius 1 is 1.30 bits per heavy atom. The number of halogens is 1. The Bertz CT molecular complexity index is 471. The molecule has 20 heavy (non-hydrogen) atoms. The average Bonchev–Trinajstić information content (AvgIpc) is 2.79. The summed E-state index contributed by atoms with van der Waals surface area (Å²) in [6, 6.07) is 4.19. The predicted octanol–water partition coefficient (Wildman–Crippen LogP) is 3.06. The molecule has 0 amide bonds. The summed E-state index contributed by atoms with van der Waals surface area (Å²) in [6.45, 7) is 7.73. The standard InChI is InChI=1S/C15H22BrNO3/c1-15(2,3)14(4-5-18)17-8-10-6-12-13(7-11(10)16)20-9-19-12/h6-7,14,17-18H,4-5,8-9H2,1-3H3. The number of hydrogen-bond donors (Lipinski definition) is 2. The molecular formula is C15H22BrNO3. The Kier molecular flexibility index (Phi) is 4.94. The molecule has 0 fully saturated rings. The molecule has 1 atom stereocenters. The lowest BCUT2D eigenvalue weighted by atomic mass is 9.85. The molecule has 4 nitrogen and oxygen atoms in total. The molecule has 1 heterocycles. The van der Waals surface area contributed by atoms with Crippen LogP contribution in [0.25, 0.3) is 0 Å². The highest BCUT2D eigenvalue weighted by atomic mass is 79.9. The molecule has 5 heteroatoms. The summed E-state index contributed by atoms with van der Waals surface area (Å²) in [6.07, 6.45) is 0.742. The van der Waals surface area contributed by atoms with Gasteiger partial charge in [-0.2, -0.15) is 0 Å². The van der Waals surface area contributed by atoms with Crippen LogP contribution in [0, 0.1) is 5.41 Å². The van der Waals surface area contributed by atoms with Gasteiger partial charge in [-0.05, 0) is 29.5 Å². The number of nitrogens with one attached hydrogen (secondary N) is 1. The third-order valence-corrected chi connectivity index (χ3v) is 4.28. The summed E-state index contributed by atoms with van der Waals surface area (Å²) < 4.78 is 11.8. The van der Waals surface area contributed by atoms with Crippen LogP contribution >= 0.6 is 15.9 Å². The van der Waals surface area contributed by atoms with Crippen molar-refractivity contribution in [2.45, 2.75) is 39.8 Å². The van der Waals surface area contributed by atoms with Crippen LogP contribution in [0.4, 0.5) is 0 Å². The van der Waals surface area contributed by atoms with E-state index in [1.54, 1.807) is 0 Å². The highest BCUT2D eigenvalue weighted by Gasteiger charge is 2.24. The minimum atomic E-state index is 0.103. The normalized spacial score (nSPS) is 15.4. The number of benzene rings is 1. The van der Waals surface area contributed by atoms with Crippen LogP contribution in [0.2, 0.25) is 0 Å². The molecule has 0 radical (unpaired) electrons. The molecule has 1 unspecified atom stereocenters. The Balaban J connectivity index is 2.06. The second-order valence-electron chi connectivity index (χ2n) is 6.11. The van der Waals surface area contributed by atoms with Crippen molar-refractivity contribution in [3.05, 3.63) is 22.2 Å². The van der Waals surface area contributed by atoms with Crippen LogP contribution in [-0.4, -0.2) is 24.5 Å². The van der Waals surface area contributed by atoms with E-state index in [0.29, 0.717) is 0 Å². The van der Waals surface area contributed by atoms with Gasteiger partial charge in [0.15, 0.2) is 11.5 Å². The van der Waals surface area contributed by atoms with E-state index in [0.717, 1.165) is 34.5 Å². The molecule has 1 aliphatic rings. The number of ether oxygens (including phenoxy) is 2. The number of fused-ring (bicyclic) bond motifs is 1. The second kappa shape index (κ2) is 6.33. The van der Waals surface area contributed by atoms with E-state index in [-0.39, 0.29) is 24.9 Å². The van der Waals surface area contributed by atoms with E-state index >= 15 is 0 Å². The molecule has 0 saturated heterocycles. The molecule has 0 aliphatic carbocycles. The highest BCUT2D eigenvalue weighted by molar-refractivity contribution is 9.10. The summed E-state index contributed by atoms with van der Waals surface area (Å²) >= 11 is 3.56. The van der Waals surface area contributed by atoms with Crippen LogP contribution in [0.1, 0.15) is 32.8 Å². The van der Waals surface area contributed by atoms with Gasteiger partial charge in [-0.3, -0.25) is 0 Å². The minimum Gasteiger partial charge on any atom is -0.454 e. The van der Waals surface area contributed by atoms with Crippen LogP contribution in [-0.2, 0) is 6.54 Å². The topological polar surface area (TPSA) is 50.7 Å². The van der Waals surface area contributed by atoms with Crippen molar-refractivity contribution in [2.75, 3.05) is 13.4 Å². The fourth-order valence-electron chi connectivity index (χ4n) is 2.30. The zero-order chi connectivity index (χ0) is 14.8. The maximum absolute atomic E-state index is 9.19. The quantitative estimate of drug-likeness (QED) is 0.862. The molecule has 0 bridgehead atoms. The Labute approximate surface area is 128 Å². The fraction of sp³-hybridized carbons (Fsp3) is 0.600. The summed E-state index contributed by atoms with van der Waals surface area (Å²) in [5.41, 5.74) is 1.23. The molecule has 112 valence electrons. The van der Waals surface area contributed by atoms with Gasteiger partial charge in [0, 0.05) is 23.7 Å². The first kappa shape index (κ1) is 15.6. The van der Waals surface area contributed by atoms with E-state index in [4.69, 9.17) is 9.47 Å². The number of aliphatic hydroxyl groups excluding tert-OH is 1. The second-order valence-corrected chi connectivity index (χ2v) is 6.96. The van der Waals surface area contributed by atoms with Crippen molar-refractivity contribution < 1.29 is 14.6 Å². The maximum atomic E-state index is 9.19. The Morgan fingerprint density at radius 2 is 1.95 bits per heavy atom. The lowest BCUT2D eigenvalue weighted by Gasteiger charge is -2.31. The molecule has 1 aromatic rings. The van der Waals surface area contributed by atoms with Crippen LogP contribution < -0.4 is 14.8 Å². The van der Waals surface area contributed by atoms with Gasteiger partial charge in [0.05, 0.1) is 0 Å².